The van der Waals surface area contributed by atoms with Crippen LogP contribution >= 0.6 is 0 Å². The number of carbonyl (C=O) groups excluding carboxylic acids is 2. The number of halogens is 3. The highest BCUT2D eigenvalue weighted by Gasteiger charge is 2.37. The Morgan fingerprint density at radius 2 is 1.95 bits per heavy atom. The van der Waals surface area contributed by atoms with Gasteiger partial charge in [0, 0.05) is 7.05 Å². The van der Waals surface area contributed by atoms with Gasteiger partial charge in [-0.2, -0.15) is 13.2 Å². The Labute approximate surface area is 117 Å². The van der Waals surface area contributed by atoms with E-state index in [9.17, 15) is 22.8 Å². The maximum absolute atomic E-state index is 12.7. The van der Waals surface area contributed by atoms with Crippen molar-refractivity contribution in [3.8, 4) is 0 Å². The number of imide groups is 1. The monoisotopic (exact) mass is 303 g/mol. The average molecular weight is 303 g/mol. The predicted molar refractivity (Wildman–Crippen MR) is 66.9 cm³/mol. The van der Waals surface area contributed by atoms with Crippen LogP contribution in [0, 0.1) is 0 Å². The average Bonchev–Trinajstić information content (AvgIpc) is 2.65. The molecule has 21 heavy (non-hydrogen) atoms. The molecule has 0 saturated carbocycles. The first-order valence-electron chi connectivity index (χ1n) is 5.85. The number of amides is 2. The number of carbonyl (C=O) groups is 2. The van der Waals surface area contributed by atoms with Gasteiger partial charge >= 0.3 is 6.18 Å². The van der Waals surface area contributed by atoms with Crippen molar-refractivity contribution >= 4 is 23.5 Å². The molecule has 0 bridgehead atoms. The van der Waals surface area contributed by atoms with Gasteiger partial charge in [-0.3, -0.25) is 14.5 Å². The van der Waals surface area contributed by atoms with E-state index in [0.29, 0.717) is 0 Å². The minimum atomic E-state index is -4.59. The van der Waals surface area contributed by atoms with Gasteiger partial charge in [-0.1, -0.05) is 0 Å². The zero-order valence-corrected chi connectivity index (χ0v) is 10.9. The van der Waals surface area contributed by atoms with Crippen molar-refractivity contribution in [1.82, 2.24) is 9.88 Å². The number of aromatic nitrogens is 1. The van der Waals surface area contributed by atoms with Crippen molar-refractivity contribution in [1.29, 1.82) is 0 Å². The number of nitrogens with zero attached hydrogens (tertiary/aromatic N) is 2. The van der Waals surface area contributed by atoms with Crippen LogP contribution < -0.4 is 16.6 Å². The van der Waals surface area contributed by atoms with Gasteiger partial charge in [0.05, 0.1) is 12.0 Å². The molecule has 1 aromatic heterocycles. The van der Waals surface area contributed by atoms with Crippen molar-refractivity contribution < 1.29 is 22.8 Å². The zero-order chi connectivity index (χ0) is 15.8. The smallest absolute Gasteiger partial charge is 0.358 e. The first-order valence-corrected chi connectivity index (χ1v) is 5.85. The summed E-state index contributed by atoms with van der Waals surface area (Å²) in [6, 6.07) is 0.541. The summed E-state index contributed by atoms with van der Waals surface area (Å²) in [6.07, 6.45) is -4.73. The fourth-order valence-electron chi connectivity index (χ4n) is 1.89. The van der Waals surface area contributed by atoms with Crippen molar-refractivity contribution in [2.45, 2.75) is 18.6 Å². The highest BCUT2D eigenvalue weighted by atomic mass is 19.4. The largest absolute Gasteiger partial charge is 0.416 e. The maximum atomic E-state index is 12.7. The molecule has 1 fully saturated rings. The minimum absolute atomic E-state index is 0.140. The fourth-order valence-corrected chi connectivity index (χ4v) is 1.89. The van der Waals surface area contributed by atoms with E-state index in [-0.39, 0.29) is 18.1 Å². The van der Waals surface area contributed by atoms with Gasteiger partial charge in [0.25, 0.3) is 5.91 Å². The number of nitrogens with two attached hydrogens (primary N) is 1. The Balaban J connectivity index is 2.28. The highest BCUT2D eigenvalue weighted by Crippen LogP contribution is 2.32. The molecule has 1 aromatic rings. The number of nitrogens with one attached hydrogen (secondary N) is 2. The summed E-state index contributed by atoms with van der Waals surface area (Å²) in [7, 11) is 1.30. The molecule has 1 aliphatic rings. The van der Waals surface area contributed by atoms with E-state index in [2.05, 4.69) is 10.3 Å². The van der Waals surface area contributed by atoms with Crippen LogP contribution in [0.15, 0.2) is 12.1 Å². The molecule has 7 nitrogen and oxygen atoms in total. The SMILES string of the molecule is CN1C(=O)CC(Nc2cc(C(F)(F)F)cc(NN)n2)C1=O. The number of likely N-dealkylation sites (N-methyl/N-ethyl adjacent to an activating group) is 1. The van der Waals surface area contributed by atoms with Crippen LogP contribution in [0.4, 0.5) is 24.8 Å². The second-order valence-corrected chi connectivity index (χ2v) is 4.46. The molecule has 1 atom stereocenters. The van der Waals surface area contributed by atoms with Crippen LogP contribution in [0.1, 0.15) is 12.0 Å². The number of nitrogen functional groups attached to an aromatic ring is 1. The molecule has 4 N–H and O–H groups in total. The number of alkyl halides is 3. The second-order valence-electron chi connectivity index (χ2n) is 4.46. The molecule has 1 unspecified atom stereocenters. The van der Waals surface area contributed by atoms with Crippen LogP contribution in [0.3, 0.4) is 0 Å². The number of likely N-dealkylation sites (tertiary alicyclic amines) is 1. The summed E-state index contributed by atoms with van der Waals surface area (Å²) in [5.41, 5.74) is 1.05. The summed E-state index contributed by atoms with van der Waals surface area (Å²) in [6.45, 7) is 0. The fraction of sp³-hybridized carbons (Fsp3) is 0.364. The van der Waals surface area contributed by atoms with E-state index in [1.165, 1.54) is 7.05 Å². The van der Waals surface area contributed by atoms with Gasteiger partial charge in [0.15, 0.2) is 0 Å². The van der Waals surface area contributed by atoms with Gasteiger partial charge in [-0.15, -0.1) is 0 Å². The van der Waals surface area contributed by atoms with Crippen LogP contribution in [0.2, 0.25) is 0 Å². The van der Waals surface area contributed by atoms with Crippen molar-refractivity contribution in [3.63, 3.8) is 0 Å². The lowest BCUT2D eigenvalue weighted by molar-refractivity contribution is -0.138. The van der Waals surface area contributed by atoms with Gasteiger partial charge in [0.2, 0.25) is 5.91 Å². The number of hydrazine groups is 1. The lowest BCUT2D eigenvalue weighted by Gasteiger charge is -2.15. The van der Waals surface area contributed by atoms with Crippen LogP contribution in [0.5, 0.6) is 0 Å². The van der Waals surface area contributed by atoms with E-state index in [1.807, 2.05) is 5.43 Å². The number of rotatable bonds is 3. The second kappa shape index (κ2) is 5.20. The number of anilines is 2. The maximum Gasteiger partial charge on any atom is 0.416 e. The number of hydrogen-bond acceptors (Lipinski definition) is 6. The summed E-state index contributed by atoms with van der Waals surface area (Å²) in [5.74, 6) is 3.73. The Kier molecular flexibility index (Phi) is 3.73. The standard InChI is InChI=1S/C11H12F3N5O2/c1-19-9(20)4-6(10(19)21)16-7-2-5(11(12,13)14)3-8(17-7)18-15/h2-3,6H,4,15H2,1H3,(H2,16,17,18). The van der Waals surface area contributed by atoms with Gasteiger partial charge < -0.3 is 10.7 Å². The summed E-state index contributed by atoms with van der Waals surface area (Å²) in [4.78, 5) is 27.8. The quantitative estimate of drug-likeness (QED) is 0.428. The van der Waals surface area contributed by atoms with E-state index >= 15 is 0 Å². The molecule has 10 heteroatoms. The van der Waals surface area contributed by atoms with Crippen LogP contribution in [0.25, 0.3) is 0 Å². The lowest BCUT2D eigenvalue weighted by atomic mass is 10.2. The normalized spacial score (nSPS) is 19.1. The predicted octanol–water partition coefficient (Wildman–Crippen LogP) is 0.555. The lowest BCUT2D eigenvalue weighted by Crippen LogP contribution is -2.32. The minimum Gasteiger partial charge on any atom is -0.358 e. The molecular formula is C11H12F3N5O2. The zero-order valence-electron chi connectivity index (χ0n) is 10.9. The van der Waals surface area contributed by atoms with Crippen molar-refractivity contribution in [3.05, 3.63) is 17.7 Å². The van der Waals surface area contributed by atoms with Crippen LogP contribution in [-0.4, -0.2) is 34.8 Å². The Morgan fingerprint density at radius 3 is 2.43 bits per heavy atom. The Morgan fingerprint density at radius 1 is 1.33 bits per heavy atom. The molecule has 2 heterocycles. The highest BCUT2D eigenvalue weighted by molar-refractivity contribution is 6.06. The van der Waals surface area contributed by atoms with E-state index < -0.39 is 29.6 Å². The first kappa shape index (κ1) is 15.0. The first-order chi connectivity index (χ1) is 9.72. The van der Waals surface area contributed by atoms with Crippen molar-refractivity contribution in [2.24, 2.45) is 5.84 Å². The Bertz CT molecular complexity index is 590. The third-order valence-electron chi connectivity index (χ3n) is 3.00. The number of hydrogen-bond donors (Lipinski definition) is 3. The molecular weight excluding hydrogens is 291 g/mol. The molecule has 0 spiro atoms. The summed E-state index contributed by atoms with van der Waals surface area (Å²) in [5, 5.41) is 2.52. The van der Waals surface area contributed by atoms with Gasteiger partial charge in [-0.05, 0) is 12.1 Å². The summed E-state index contributed by atoms with van der Waals surface area (Å²) < 4.78 is 38.2. The van der Waals surface area contributed by atoms with Crippen molar-refractivity contribution in [2.75, 3.05) is 17.8 Å². The van der Waals surface area contributed by atoms with E-state index in [1.54, 1.807) is 0 Å². The summed E-state index contributed by atoms with van der Waals surface area (Å²) >= 11 is 0. The third-order valence-corrected chi connectivity index (χ3v) is 3.00. The van der Waals surface area contributed by atoms with Gasteiger partial charge in [-0.25, -0.2) is 10.8 Å². The number of pyridine rings is 1. The topological polar surface area (TPSA) is 100 Å². The van der Waals surface area contributed by atoms with Crippen LogP contribution in [-0.2, 0) is 15.8 Å². The Hall–Kier alpha value is -2.36. The molecule has 114 valence electrons. The molecule has 0 aromatic carbocycles. The van der Waals surface area contributed by atoms with E-state index in [4.69, 9.17) is 5.84 Å². The third kappa shape index (κ3) is 3.05. The molecule has 1 aliphatic heterocycles. The molecule has 0 aliphatic carbocycles. The molecule has 1 saturated heterocycles. The van der Waals surface area contributed by atoms with Gasteiger partial charge in [0.1, 0.15) is 17.7 Å². The molecule has 2 amide bonds. The van der Waals surface area contributed by atoms with E-state index in [0.717, 1.165) is 17.0 Å². The molecule has 2 rings (SSSR count). The molecule has 0 radical (unpaired) electrons.